The summed E-state index contributed by atoms with van der Waals surface area (Å²) in [6.45, 7) is 7.25. The number of rotatable bonds is 4. The summed E-state index contributed by atoms with van der Waals surface area (Å²) in [5.41, 5.74) is 0. The summed E-state index contributed by atoms with van der Waals surface area (Å²) in [5.74, 6) is 0. The first-order valence-electron chi connectivity index (χ1n) is 3.04. The zero-order valence-electron chi connectivity index (χ0n) is 7.81. The summed E-state index contributed by atoms with van der Waals surface area (Å²) in [7, 11) is 0. The highest BCUT2D eigenvalue weighted by Gasteiger charge is 1.94. The van der Waals surface area contributed by atoms with Crippen LogP contribution in [-0.2, 0) is 9.47 Å². The quantitative estimate of drug-likeness (QED) is 0.477. The molecule has 0 aromatic rings. The van der Waals surface area contributed by atoms with Crippen molar-refractivity contribution in [2.24, 2.45) is 0 Å². The zero-order valence-corrected chi connectivity index (χ0v) is 7.81. The summed E-state index contributed by atoms with van der Waals surface area (Å²) in [6.07, 6.45) is -0.0370. The smallest absolute Gasteiger partial charge is 0.154 e. The van der Waals surface area contributed by atoms with Gasteiger partial charge in [0.2, 0.25) is 0 Å². The Bertz CT molecular complexity index is 45.3. The van der Waals surface area contributed by atoms with Crippen LogP contribution in [0.5, 0.6) is 0 Å². The van der Waals surface area contributed by atoms with Crippen LogP contribution in [0.3, 0.4) is 0 Å². The van der Waals surface area contributed by atoms with Crippen molar-refractivity contribution in [2.75, 3.05) is 13.2 Å². The number of hydrogen-bond donors (Lipinski definition) is 0. The molecule has 82 valence electrons. The molecule has 0 radical (unpaired) electrons. The van der Waals surface area contributed by atoms with E-state index in [2.05, 4.69) is 0 Å². The average Bonchev–Trinajstić information content (AvgIpc) is 1.68. The first-order valence-corrected chi connectivity index (χ1v) is 3.04. The lowest BCUT2D eigenvalue weighted by atomic mass is 10.7. The van der Waals surface area contributed by atoms with Gasteiger partial charge in [0, 0.05) is 13.2 Å². The summed E-state index contributed by atoms with van der Waals surface area (Å²) < 4.78 is 10.1. The van der Waals surface area contributed by atoms with Crippen LogP contribution >= 0.6 is 0 Å². The fourth-order valence-corrected chi connectivity index (χ4v) is 0.518. The van der Waals surface area contributed by atoms with Gasteiger partial charge < -0.3 is 31.4 Å². The van der Waals surface area contributed by atoms with E-state index in [1.807, 2.05) is 20.8 Å². The second-order valence-corrected chi connectivity index (χ2v) is 1.48. The monoisotopic (exact) mass is 190 g/mol. The van der Waals surface area contributed by atoms with E-state index in [4.69, 9.17) is 9.47 Å². The highest BCUT2D eigenvalue weighted by molar-refractivity contribution is 4.26. The van der Waals surface area contributed by atoms with E-state index in [0.29, 0.717) is 0 Å². The SMILES string of the molecule is CCOC(C)OCC.O.O.O.O. The van der Waals surface area contributed by atoms with Crippen LogP contribution in [0.25, 0.3) is 0 Å². The molecule has 0 saturated carbocycles. The third-order valence-electron chi connectivity index (χ3n) is 0.803. The Kier molecular flexibility index (Phi) is 55.7. The van der Waals surface area contributed by atoms with E-state index < -0.39 is 0 Å². The van der Waals surface area contributed by atoms with Gasteiger partial charge in [-0.3, -0.25) is 0 Å². The van der Waals surface area contributed by atoms with Crippen molar-refractivity contribution in [3.05, 3.63) is 0 Å². The van der Waals surface area contributed by atoms with Crippen molar-refractivity contribution in [3.63, 3.8) is 0 Å². The fourth-order valence-electron chi connectivity index (χ4n) is 0.518. The van der Waals surface area contributed by atoms with Gasteiger partial charge >= 0.3 is 0 Å². The Morgan fingerprint density at radius 2 is 1.08 bits per heavy atom. The second-order valence-electron chi connectivity index (χ2n) is 1.48. The standard InChI is InChI=1S/C6H14O2.4H2O/c1-4-7-6(3)8-5-2;;;;/h6H,4-5H2,1-3H3;4*1H2. The molecule has 6 heteroatoms. The van der Waals surface area contributed by atoms with Crippen molar-refractivity contribution in [1.29, 1.82) is 0 Å². The van der Waals surface area contributed by atoms with E-state index in [0.717, 1.165) is 13.2 Å². The number of hydrogen-bond acceptors (Lipinski definition) is 2. The normalized spacial score (nSPS) is 7.00. The number of ether oxygens (including phenoxy) is 2. The minimum atomic E-state index is -0.0370. The van der Waals surface area contributed by atoms with Crippen LogP contribution in [0.2, 0.25) is 0 Å². The zero-order chi connectivity index (χ0) is 6.41. The van der Waals surface area contributed by atoms with Crippen molar-refractivity contribution in [3.8, 4) is 0 Å². The fraction of sp³-hybridized carbons (Fsp3) is 1.00. The predicted octanol–water partition coefficient (Wildman–Crippen LogP) is -1.89. The van der Waals surface area contributed by atoms with Crippen molar-refractivity contribution < 1.29 is 31.4 Å². The summed E-state index contributed by atoms with van der Waals surface area (Å²) in [6, 6.07) is 0. The highest BCUT2D eigenvalue weighted by atomic mass is 16.7. The molecule has 0 bridgehead atoms. The first kappa shape index (κ1) is 29.8. The molecule has 12 heavy (non-hydrogen) atoms. The molecule has 0 heterocycles. The lowest BCUT2D eigenvalue weighted by molar-refractivity contribution is -0.123. The lowest BCUT2D eigenvalue weighted by Gasteiger charge is -2.09. The maximum Gasteiger partial charge on any atom is 0.154 e. The Morgan fingerprint density at radius 3 is 1.25 bits per heavy atom. The molecule has 0 aliphatic carbocycles. The van der Waals surface area contributed by atoms with E-state index in [9.17, 15) is 0 Å². The summed E-state index contributed by atoms with van der Waals surface area (Å²) in [5, 5.41) is 0. The van der Waals surface area contributed by atoms with Gasteiger partial charge in [0.25, 0.3) is 0 Å². The maximum atomic E-state index is 5.06. The van der Waals surface area contributed by atoms with Crippen LogP contribution < -0.4 is 0 Å². The minimum Gasteiger partial charge on any atom is -0.412 e. The molecule has 8 N–H and O–H groups in total. The van der Waals surface area contributed by atoms with Gasteiger partial charge in [-0.1, -0.05) is 0 Å². The highest BCUT2D eigenvalue weighted by Crippen LogP contribution is 1.90. The van der Waals surface area contributed by atoms with E-state index in [1.165, 1.54) is 0 Å². The Labute approximate surface area is 72.7 Å². The third kappa shape index (κ3) is 22.6. The molecule has 0 fully saturated rings. The molecule has 0 spiro atoms. The molecular formula is C6H22O6. The molecular weight excluding hydrogens is 168 g/mol. The van der Waals surface area contributed by atoms with Gasteiger partial charge in [-0.2, -0.15) is 0 Å². The van der Waals surface area contributed by atoms with Crippen LogP contribution in [0.1, 0.15) is 20.8 Å². The van der Waals surface area contributed by atoms with Gasteiger partial charge in [0.05, 0.1) is 0 Å². The molecule has 0 amide bonds. The molecule has 0 aromatic heterocycles. The Balaban J connectivity index is -0.0000000408. The molecule has 0 atom stereocenters. The van der Waals surface area contributed by atoms with Crippen LogP contribution in [-0.4, -0.2) is 41.4 Å². The van der Waals surface area contributed by atoms with E-state index in [-0.39, 0.29) is 28.2 Å². The molecule has 6 nitrogen and oxygen atoms in total. The average molecular weight is 190 g/mol. The second kappa shape index (κ2) is 22.4. The van der Waals surface area contributed by atoms with Crippen LogP contribution in [0.4, 0.5) is 0 Å². The predicted molar refractivity (Wildman–Crippen MR) is 47.2 cm³/mol. The Morgan fingerprint density at radius 1 is 0.833 bits per heavy atom. The van der Waals surface area contributed by atoms with Crippen molar-refractivity contribution in [2.45, 2.75) is 27.1 Å². The van der Waals surface area contributed by atoms with Crippen LogP contribution in [0, 0.1) is 0 Å². The van der Waals surface area contributed by atoms with Gasteiger partial charge in [0.15, 0.2) is 6.29 Å². The molecule has 0 unspecified atom stereocenters. The summed E-state index contributed by atoms with van der Waals surface area (Å²) >= 11 is 0. The van der Waals surface area contributed by atoms with E-state index in [1.54, 1.807) is 0 Å². The van der Waals surface area contributed by atoms with E-state index >= 15 is 0 Å². The van der Waals surface area contributed by atoms with Crippen molar-refractivity contribution >= 4 is 0 Å². The minimum absolute atomic E-state index is 0. The largest absolute Gasteiger partial charge is 0.412 e. The molecule has 0 aliphatic heterocycles. The molecule has 0 rings (SSSR count). The van der Waals surface area contributed by atoms with Crippen molar-refractivity contribution in [1.82, 2.24) is 0 Å². The molecule has 0 aliphatic rings. The first-order chi connectivity index (χ1) is 3.81. The van der Waals surface area contributed by atoms with Crippen LogP contribution in [0.15, 0.2) is 0 Å². The van der Waals surface area contributed by atoms with Gasteiger partial charge in [-0.05, 0) is 20.8 Å². The molecule has 0 aromatic carbocycles. The summed E-state index contributed by atoms with van der Waals surface area (Å²) in [4.78, 5) is 0. The van der Waals surface area contributed by atoms with Gasteiger partial charge in [-0.25, -0.2) is 0 Å². The van der Waals surface area contributed by atoms with Gasteiger partial charge in [-0.15, -0.1) is 0 Å². The Hall–Kier alpha value is -0.240. The van der Waals surface area contributed by atoms with Gasteiger partial charge in [0.1, 0.15) is 0 Å². The maximum absolute atomic E-state index is 5.06. The topological polar surface area (TPSA) is 144 Å². The third-order valence-corrected chi connectivity index (χ3v) is 0.803. The lowest BCUT2D eigenvalue weighted by Crippen LogP contribution is -2.11. The molecule has 0 saturated heterocycles.